The first-order valence-electron chi connectivity index (χ1n) is 9.94. The number of rotatable bonds is 6. The van der Waals surface area contributed by atoms with E-state index in [-0.39, 0.29) is 5.60 Å². The summed E-state index contributed by atoms with van der Waals surface area (Å²) in [5.74, 6) is 1.75. The summed E-state index contributed by atoms with van der Waals surface area (Å²) in [5, 5.41) is 4.66. The molecule has 6 heteroatoms. The number of hydrogen-bond acceptors (Lipinski definition) is 6. The van der Waals surface area contributed by atoms with E-state index in [0.29, 0.717) is 6.61 Å². The van der Waals surface area contributed by atoms with Crippen molar-refractivity contribution in [2.75, 3.05) is 11.9 Å². The Morgan fingerprint density at radius 1 is 1.19 bits per heavy atom. The van der Waals surface area contributed by atoms with Crippen LogP contribution in [0.1, 0.15) is 63.5 Å². The molecule has 3 aromatic heterocycles. The lowest BCUT2D eigenvalue weighted by atomic mass is 9.95. The van der Waals surface area contributed by atoms with Gasteiger partial charge in [0, 0.05) is 23.9 Å². The number of pyridine rings is 1. The maximum Gasteiger partial charge on any atom is 0.147 e. The van der Waals surface area contributed by atoms with Crippen LogP contribution in [0.5, 0.6) is 0 Å². The number of aryl methyl sites for hydroxylation is 1. The molecule has 0 spiro atoms. The zero-order chi connectivity index (χ0) is 19.0. The number of fused-ring (bicyclic) bond motifs is 4. The molecule has 1 aliphatic heterocycles. The van der Waals surface area contributed by atoms with Crippen molar-refractivity contribution in [3.63, 3.8) is 0 Å². The van der Waals surface area contributed by atoms with Gasteiger partial charge in [0.05, 0.1) is 28.1 Å². The van der Waals surface area contributed by atoms with Crippen molar-refractivity contribution in [2.45, 2.75) is 72.0 Å². The predicted molar refractivity (Wildman–Crippen MR) is 113 cm³/mol. The van der Waals surface area contributed by atoms with E-state index in [1.165, 1.54) is 31.2 Å². The van der Waals surface area contributed by atoms with Gasteiger partial charge in [0.25, 0.3) is 0 Å². The van der Waals surface area contributed by atoms with Crippen molar-refractivity contribution < 1.29 is 4.74 Å². The maximum absolute atomic E-state index is 5.98. The number of hydrogen-bond donors (Lipinski definition) is 1. The third kappa shape index (κ3) is 3.78. The van der Waals surface area contributed by atoms with E-state index >= 15 is 0 Å². The Bertz CT molecular complexity index is 979. The highest BCUT2D eigenvalue weighted by Gasteiger charge is 2.28. The van der Waals surface area contributed by atoms with Gasteiger partial charge >= 0.3 is 0 Å². The number of nitrogens with zero attached hydrogens (tertiary/aromatic N) is 3. The molecule has 0 amide bonds. The predicted octanol–water partition coefficient (Wildman–Crippen LogP) is 5.39. The number of aromatic nitrogens is 3. The summed E-state index contributed by atoms with van der Waals surface area (Å²) in [6.45, 7) is 10.0. The summed E-state index contributed by atoms with van der Waals surface area (Å²) in [5.41, 5.74) is 3.21. The molecule has 0 bridgehead atoms. The number of thiophene rings is 1. The Kier molecular flexibility index (Phi) is 5.03. The first-order valence-corrected chi connectivity index (χ1v) is 10.8. The van der Waals surface area contributed by atoms with Crippen molar-refractivity contribution in [3.8, 4) is 0 Å². The third-order valence-electron chi connectivity index (χ3n) is 5.12. The maximum atomic E-state index is 5.98. The molecule has 144 valence electrons. The second-order valence-electron chi connectivity index (χ2n) is 8.06. The van der Waals surface area contributed by atoms with Gasteiger partial charge in [0.15, 0.2) is 0 Å². The van der Waals surface area contributed by atoms with Crippen LogP contribution in [0.15, 0.2) is 6.07 Å². The lowest BCUT2D eigenvalue weighted by Gasteiger charge is -2.30. The molecule has 4 heterocycles. The Morgan fingerprint density at radius 2 is 2.04 bits per heavy atom. The average Bonchev–Trinajstić information content (AvgIpc) is 2.96. The average molecular weight is 385 g/mol. The molecule has 5 nitrogen and oxygen atoms in total. The summed E-state index contributed by atoms with van der Waals surface area (Å²) in [6, 6.07) is 2.23. The molecule has 0 unspecified atom stereocenters. The largest absolute Gasteiger partial charge is 0.370 e. The van der Waals surface area contributed by atoms with Crippen LogP contribution in [0, 0.1) is 6.92 Å². The second-order valence-corrected chi connectivity index (χ2v) is 9.06. The molecule has 27 heavy (non-hydrogen) atoms. The number of anilines is 1. The Balaban J connectivity index is 1.71. The molecular formula is C21H28N4OS. The van der Waals surface area contributed by atoms with Crippen LogP contribution in [-0.4, -0.2) is 27.1 Å². The first-order chi connectivity index (χ1) is 13.0. The second kappa shape index (κ2) is 7.32. The fourth-order valence-corrected chi connectivity index (χ4v) is 4.72. The van der Waals surface area contributed by atoms with Crippen molar-refractivity contribution >= 4 is 37.6 Å². The fourth-order valence-electron chi connectivity index (χ4n) is 3.64. The Hall–Kier alpha value is -1.79. The minimum atomic E-state index is -0.147. The van der Waals surface area contributed by atoms with E-state index in [4.69, 9.17) is 14.7 Å². The summed E-state index contributed by atoms with van der Waals surface area (Å²) in [4.78, 5) is 15.4. The first kappa shape index (κ1) is 18.6. The highest BCUT2D eigenvalue weighted by atomic mass is 32.1. The molecule has 0 fully saturated rings. The third-order valence-corrected chi connectivity index (χ3v) is 6.22. The van der Waals surface area contributed by atoms with E-state index in [1.54, 1.807) is 11.3 Å². The lowest BCUT2D eigenvalue weighted by molar-refractivity contribution is -0.0411. The minimum absolute atomic E-state index is 0.147. The normalized spacial score (nSPS) is 16.0. The zero-order valence-electron chi connectivity index (χ0n) is 16.7. The molecule has 0 radical (unpaired) electrons. The number of unbranched alkanes of at least 4 members (excludes halogenated alkanes) is 3. The molecule has 1 aliphatic rings. The van der Waals surface area contributed by atoms with Crippen molar-refractivity contribution in [1.82, 2.24) is 15.0 Å². The van der Waals surface area contributed by atoms with Gasteiger partial charge in [-0.15, -0.1) is 11.3 Å². The zero-order valence-corrected chi connectivity index (χ0v) is 17.5. The van der Waals surface area contributed by atoms with Crippen LogP contribution in [0.3, 0.4) is 0 Å². The van der Waals surface area contributed by atoms with Crippen LogP contribution in [0.25, 0.3) is 20.4 Å². The van der Waals surface area contributed by atoms with Gasteiger partial charge in [-0.1, -0.05) is 26.2 Å². The smallest absolute Gasteiger partial charge is 0.147 e. The van der Waals surface area contributed by atoms with Crippen molar-refractivity contribution in [2.24, 2.45) is 0 Å². The highest BCUT2D eigenvalue weighted by Crippen LogP contribution is 2.38. The fraction of sp³-hybridized carbons (Fsp3) is 0.571. The van der Waals surface area contributed by atoms with Gasteiger partial charge in [-0.2, -0.15) is 0 Å². The van der Waals surface area contributed by atoms with Gasteiger partial charge in [0.1, 0.15) is 16.5 Å². The Labute approximate surface area is 164 Å². The van der Waals surface area contributed by atoms with E-state index in [9.17, 15) is 0 Å². The molecule has 0 aliphatic carbocycles. The summed E-state index contributed by atoms with van der Waals surface area (Å²) in [7, 11) is 0. The van der Waals surface area contributed by atoms with Crippen LogP contribution in [0.2, 0.25) is 0 Å². The van der Waals surface area contributed by atoms with Gasteiger partial charge in [-0.25, -0.2) is 15.0 Å². The minimum Gasteiger partial charge on any atom is -0.370 e. The molecule has 0 saturated carbocycles. The van der Waals surface area contributed by atoms with Crippen LogP contribution >= 0.6 is 11.3 Å². The van der Waals surface area contributed by atoms with Crippen LogP contribution in [0.4, 0.5) is 5.82 Å². The van der Waals surface area contributed by atoms with E-state index in [2.05, 4.69) is 37.1 Å². The molecule has 0 atom stereocenters. The van der Waals surface area contributed by atoms with E-state index in [0.717, 1.165) is 50.7 Å². The molecule has 0 aromatic carbocycles. The van der Waals surface area contributed by atoms with Gasteiger partial charge in [-0.3, -0.25) is 0 Å². The number of nitrogens with one attached hydrogen (secondary N) is 1. The lowest BCUT2D eigenvalue weighted by Crippen LogP contribution is -2.32. The molecule has 1 N–H and O–H groups in total. The molecule has 0 saturated heterocycles. The standard InChI is InChI=1S/C21H28N4OS/c1-5-6-7-8-9-22-19-18-17(23-13(2)24-19)15-10-14-12-26-21(3,4)11-16(14)25-20(15)27-18/h10H,5-9,11-12H2,1-4H3,(H,22,23,24). The number of ether oxygens (including phenoxy) is 1. The summed E-state index contributed by atoms with van der Waals surface area (Å²) >= 11 is 1.70. The van der Waals surface area contributed by atoms with E-state index in [1.807, 2.05) is 6.92 Å². The SMILES string of the molecule is CCCCCCNc1nc(C)nc2c1sc1nc3c(cc12)COC(C)(C)C3. The van der Waals surface area contributed by atoms with Crippen LogP contribution < -0.4 is 5.32 Å². The van der Waals surface area contributed by atoms with E-state index < -0.39 is 0 Å². The van der Waals surface area contributed by atoms with Gasteiger partial charge in [-0.05, 0) is 33.3 Å². The van der Waals surface area contributed by atoms with Gasteiger partial charge < -0.3 is 10.1 Å². The molecule has 4 rings (SSSR count). The van der Waals surface area contributed by atoms with Gasteiger partial charge in [0.2, 0.25) is 0 Å². The van der Waals surface area contributed by atoms with Crippen molar-refractivity contribution in [3.05, 3.63) is 23.1 Å². The summed E-state index contributed by atoms with van der Waals surface area (Å²) < 4.78 is 7.09. The highest BCUT2D eigenvalue weighted by molar-refractivity contribution is 7.25. The topological polar surface area (TPSA) is 59.9 Å². The quantitative estimate of drug-likeness (QED) is 0.577. The van der Waals surface area contributed by atoms with Crippen molar-refractivity contribution in [1.29, 1.82) is 0 Å². The summed E-state index contributed by atoms with van der Waals surface area (Å²) in [6.07, 6.45) is 5.82. The molecule has 3 aromatic rings. The molecular weight excluding hydrogens is 356 g/mol. The van der Waals surface area contributed by atoms with Crippen LogP contribution in [-0.2, 0) is 17.8 Å². The Morgan fingerprint density at radius 3 is 2.85 bits per heavy atom. The monoisotopic (exact) mass is 384 g/mol.